The number of carbonyl (C=O) groups excluding carboxylic acids is 1. The van der Waals surface area contributed by atoms with Crippen LogP contribution in [-0.4, -0.2) is 42.7 Å². The predicted octanol–water partition coefficient (Wildman–Crippen LogP) is 1.78. The number of nitrogens with zero attached hydrogens (tertiary/aromatic N) is 2. The van der Waals surface area contributed by atoms with E-state index in [4.69, 9.17) is 4.74 Å². The normalized spacial score (nSPS) is 10.0. The molecule has 0 spiro atoms. The van der Waals surface area contributed by atoms with Crippen molar-refractivity contribution in [2.45, 2.75) is 6.92 Å². The first-order valence-corrected chi connectivity index (χ1v) is 6.15. The molecule has 0 bridgehead atoms. The van der Waals surface area contributed by atoms with Crippen LogP contribution in [0, 0.1) is 10.1 Å². The van der Waals surface area contributed by atoms with Crippen molar-refractivity contribution in [3.8, 4) is 0 Å². The highest BCUT2D eigenvalue weighted by molar-refractivity contribution is 5.88. The summed E-state index contributed by atoms with van der Waals surface area (Å²) in [5.41, 5.74) is 0.655. The Labute approximate surface area is 121 Å². The number of aromatic nitrogens is 1. The number of nitrogens with one attached hydrogen (secondary N) is 1. The van der Waals surface area contributed by atoms with E-state index in [0.717, 1.165) is 5.57 Å². The average Bonchev–Trinajstić information content (AvgIpc) is 2.45. The molecule has 0 saturated heterocycles. The first kappa shape index (κ1) is 16.6. The zero-order valence-electron chi connectivity index (χ0n) is 11.9. The standard InChI is InChI=1S/C13H17N3O5/c1-9(2)8-21-7-6-14-12-11(16(18)19)5-4-10(15-12)13(17)20-3/h4-5H,1,6-8H2,2-3H3,(H,14,15). The zero-order chi connectivity index (χ0) is 15.8. The monoisotopic (exact) mass is 295 g/mol. The van der Waals surface area contributed by atoms with Gasteiger partial charge in [0.1, 0.15) is 0 Å². The molecule has 1 aromatic heterocycles. The molecular formula is C13H17N3O5. The van der Waals surface area contributed by atoms with Crippen LogP contribution in [0.2, 0.25) is 0 Å². The minimum absolute atomic E-state index is 0.00169. The van der Waals surface area contributed by atoms with Gasteiger partial charge in [-0.25, -0.2) is 9.78 Å². The van der Waals surface area contributed by atoms with Crippen LogP contribution in [0.15, 0.2) is 24.3 Å². The summed E-state index contributed by atoms with van der Waals surface area (Å²) in [5.74, 6) is -0.659. The van der Waals surface area contributed by atoms with Gasteiger partial charge in [-0.15, -0.1) is 0 Å². The number of rotatable bonds is 8. The lowest BCUT2D eigenvalue weighted by Crippen LogP contribution is -2.14. The van der Waals surface area contributed by atoms with Gasteiger partial charge < -0.3 is 14.8 Å². The Kier molecular flexibility index (Phi) is 6.28. The molecule has 1 heterocycles. The third-order valence-corrected chi connectivity index (χ3v) is 2.35. The number of methoxy groups -OCH3 is 1. The maximum Gasteiger partial charge on any atom is 0.356 e. The van der Waals surface area contributed by atoms with Gasteiger partial charge in [-0.2, -0.15) is 0 Å². The van der Waals surface area contributed by atoms with Crippen molar-refractivity contribution in [1.82, 2.24) is 4.98 Å². The van der Waals surface area contributed by atoms with E-state index >= 15 is 0 Å². The van der Waals surface area contributed by atoms with Crippen LogP contribution in [0.25, 0.3) is 0 Å². The Bertz CT molecular complexity index is 545. The SMILES string of the molecule is C=C(C)COCCNc1nc(C(=O)OC)ccc1[N+](=O)[O-]. The fourth-order valence-electron chi connectivity index (χ4n) is 1.44. The summed E-state index contributed by atoms with van der Waals surface area (Å²) in [5, 5.41) is 13.7. The summed E-state index contributed by atoms with van der Waals surface area (Å²) >= 11 is 0. The largest absolute Gasteiger partial charge is 0.464 e. The van der Waals surface area contributed by atoms with Crippen LogP contribution >= 0.6 is 0 Å². The van der Waals surface area contributed by atoms with Gasteiger partial charge >= 0.3 is 11.7 Å². The molecule has 8 nitrogen and oxygen atoms in total. The molecule has 21 heavy (non-hydrogen) atoms. The van der Waals surface area contributed by atoms with E-state index in [2.05, 4.69) is 21.6 Å². The molecule has 114 valence electrons. The molecule has 0 atom stereocenters. The smallest absolute Gasteiger partial charge is 0.356 e. The number of hydrogen-bond donors (Lipinski definition) is 1. The lowest BCUT2D eigenvalue weighted by molar-refractivity contribution is -0.384. The third kappa shape index (κ3) is 5.19. The summed E-state index contributed by atoms with van der Waals surface area (Å²) in [6, 6.07) is 2.45. The predicted molar refractivity (Wildman–Crippen MR) is 76.4 cm³/mol. The highest BCUT2D eigenvalue weighted by Crippen LogP contribution is 2.22. The Morgan fingerprint density at radius 1 is 1.52 bits per heavy atom. The second kappa shape index (κ2) is 7.95. The number of anilines is 1. The van der Waals surface area contributed by atoms with Crippen molar-refractivity contribution < 1.29 is 19.2 Å². The summed E-state index contributed by atoms with van der Waals surface area (Å²) in [6.45, 7) is 6.58. The topological polar surface area (TPSA) is 104 Å². The molecule has 1 N–H and O–H groups in total. The summed E-state index contributed by atoms with van der Waals surface area (Å²) in [7, 11) is 1.21. The van der Waals surface area contributed by atoms with Crippen LogP contribution in [0.5, 0.6) is 0 Å². The van der Waals surface area contributed by atoms with Crippen molar-refractivity contribution in [3.05, 3.63) is 40.1 Å². The second-order valence-electron chi connectivity index (χ2n) is 4.25. The summed E-state index contributed by atoms with van der Waals surface area (Å²) in [4.78, 5) is 25.6. The van der Waals surface area contributed by atoms with Crippen molar-refractivity contribution in [1.29, 1.82) is 0 Å². The van der Waals surface area contributed by atoms with Crippen LogP contribution in [0.1, 0.15) is 17.4 Å². The lowest BCUT2D eigenvalue weighted by Gasteiger charge is -2.08. The van der Waals surface area contributed by atoms with Crippen molar-refractivity contribution >= 4 is 17.5 Å². The van der Waals surface area contributed by atoms with Gasteiger partial charge in [0.25, 0.3) is 0 Å². The summed E-state index contributed by atoms with van der Waals surface area (Å²) < 4.78 is 9.79. The Hall–Kier alpha value is -2.48. The highest BCUT2D eigenvalue weighted by atomic mass is 16.6. The minimum atomic E-state index is -0.661. The molecule has 0 aliphatic heterocycles. The quantitative estimate of drug-likeness (QED) is 0.256. The Morgan fingerprint density at radius 3 is 2.81 bits per heavy atom. The molecule has 0 fully saturated rings. The second-order valence-corrected chi connectivity index (χ2v) is 4.25. The van der Waals surface area contributed by atoms with Gasteiger partial charge in [0.15, 0.2) is 5.69 Å². The Morgan fingerprint density at radius 2 is 2.24 bits per heavy atom. The van der Waals surface area contributed by atoms with Gasteiger partial charge in [-0.1, -0.05) is 12.2 Å². The van der Waals surface area contributed by atoms with Gasteiger partial charge in [0, 0.05) is 12.6 Å². The van der Waals surface area contributed by atoms with Crippen molar-refractivity contribution in [2.24, 2.45) is 0 Å². The molecule has 1 rings (SSSR count). The molecule has 8 heteroatoms. The fraction of sp³-hybridized carbons (Fsp3) is 0.385. The fourth-order valence-corrected chi connectivity index (χ4v) is 1.44. The van der Waals surface area contributed by atoms with E-state index in [9.17, 15) is 14.9 Å². The molecule has 0 radical (unpaired) electrons. The highest BCUT2D eigenvalue weighted by Gasteiger charge is 2.18. The minimum Gasteiger partial charge on any atom is -0.464 e. The van der Waals surface area contributed by atoms with E-state index in [1.54, 1.807) is 0 Å². The zero-order valence-corrected chi connectivity index (χ0v) is 11.9. The Balaban J connectivity index is 2.74. The van der Waals surface area contributed by atoms with Crippen LogP contribution < -0.4 is 5.32 Å². The number of ether oxygens (including phenoxy) is 2. The third-order valence-electron chi connectivity index (χ3n) is 2.35. The maximum atomic E-state index is 11.4. The summed E-state index contributed by atoms with van der Waals surface area (Å²) in [6.07, 6.45) is 0. The van der Waals surface area contributed by atoms with E-state index < -0.39 is 10.9 Å². The van der Waals surface area contributed by atoms with E-state index in [1.807, 2.05) is 6.92 Å². The van der Waals surface area contributed by atoms with Crippen LogP contribution in [-0.2, 0) is 9.47 Å². The van der Waals surface area contributed by atoms with Crippen molar-refractivity contribution in [2.75, 3.05) is 32.2 Å². The van der Waals surface area contributed by atoms with Gasteiger partial charge in [-0.3, -0.25) is 10.1 Å². The molecule has 0 aliphatic rings. The molecule has 0 aromatic carbocycles. The molecule has 0 saturated carbocycles. The van der Waals surface area contributed by atoms with Crippen LogP contribution in [0.3, 0.4) is 0 Å². The van der Waals surface area contributed by atoms with Gasteiger partial charge in [0.2, 0.25) is 5.82 Å². The van der Waals surface area contributed by atoms with E-state index in [0.29, 0.717) is 19.8 Å². The van der Waals surface area contributed by atoms with E-state index in [-0.39, 0.29) is 17.2 Å². The molecule has 1 aromatic rings. The number of pyridine rings is 1. The first-order chi connectivity index (χ1) is 9.95. The molecule has 0 unspecified atom stereocenters. The molecule has 0 amide bonds. The molecular weight excluding hydrogens is 278 g/mol. The number of hydrogen-bond acceptors (Lipinski definition) is 7. The van der Waals surface area contributed by atoms with E-state index in [1.165, 1.54) is 19.2 Å². The number of nitro groups is 1. The van der Waals surface area contributed by atoms with Gasteiger partial charge in [0.05, 0.1) is 25.2 Å². The number of esters is 1. The van der Waals surface area contributed by atoms with Crippen molar-refractivity contribution in [3.63, 3.8) is 0 Å². The maximum absolute atomic E-state index is 11.4. The average molecular weight is 295 g/mol. The lowest BCUT2D eigenvalue weighted by atomic mass is 10.3. The van der Waals surface area contributed by atoms with Crippen LogP contribution in [0.4, 0.5) is 11.5 Å². The first-order valence-electron chi connectivity index (χ1n) is 6.15. The molecule has 0 aliphatic carbocycles. The number of carbonyl (C=O) groups is 1. The van der Waals surface area contributed by atoms with Gasteiger partial charge in [-0.05, 0) is 13.0 Å².